The molecule has 0 bridgehead atoms. The summed E-state index contributed by atoms with van der Waals surface area (Å²) in [5.41, 5.74) is 0.0356. The van der Waals surface area contributed by atoms with Gasteiger partial charge in [0.05, 0.1) is 38.5 Å². The molecular formula is C38H38F3N4O8PS. The van der Waals surface area contributed by atoms with Crippen LogP contribution in [0.15, 0.2) is 58.8 Å². The molecule has 2 aromatic heterocycles. The van der Waals surface area contributed by atoms with Crippen molar-refractivity contribution in [2.24, 2.45) is 5.41 Å². The van der Waals surface area contributed by atoms with Crippen LogP contribution in [-0.4, -0.2) is 67.1 Å². The van der Waals surface area contributed by atoms with Crippen molar-refractivity contribution < 1.29 is 45.8 Å². The number of thiophene rings is 1. The van der Waals surface area contributed by atoms with Crippen LogP contribution in [0.5, 0.6) is 5.75 Å². The van der Waals surface area contributed by atoms with Gasteiger partial charge in [-0.05, 0) is 46.0 Å². The molecule has 1 amide bonds. The van der Waals surface area contributed by atoms with E-state index in [1.165, 1.54) is 40.3 Å². The Bertz CT molecular complexity index is 2360. The number of aromatic nitrogens is 1. The van der Waals surface area contributed by atoms with Crippen molar-refractivity contribution in [2.75, 3.05) is 38.5 Å². The lowest BCUT2D eigenvalue weighted by Crippen LogP contribution is -2.66. The standard InChI is InChI=1S/C38H38F3N4O8PS/c1-6-52-54(49,42-34(36(48)50-5)37(2,3)4)53-32-25(46)13-14-44-31(32)35(47)43-15-16-51-18-26(43)45(44)30-21-9-7-8-10-22(21)33-27-20(19-55-33)17-38(40,41)29-24(39)12-11-23(30)28(27)29/h7-14,19,26,30,34H,6,15-18H2,1-5H3,(H,42,49)/t26?,30?,34-,54?/m0/s1. The van der Waals surface area contributed by atoms with Gasteiger partial charge in [0.2, 0.25) is 11.2 Å². The predicted molar refractivity (Wildman–Crippen MR) is 197 cm³/mol. The number of alkyl halides is 2. The lowest BCUT2D eigenvalue weighted by atomic mass is 9.80. The van der Waals surface area contributed by atoms with E-state index in [0.29, 0.717) is 27.1 Å². The van der Waals surface area contributed by atoms with Gasteiger partial charge in [0.15, 0.2) is 5.69 Å². The van der Waals surface area contributed by atoms with Crippen molar-refractivity contribution >= 4 is 31.0 Å². The molecule has 4 heterocycles. The molecule has 4 aromatic rings. The molecule has 0 saturated carbocycles. The van der Waals surface area contributed by atoms with Gasteiger partial charge in [-0.25, -0.2) is 17.7 Å². The molecule has 4 atom stereocenters. The number of halogens is 3. The lowest BCUT2D eigenvalue weighted by Gasteiger charge is -2.51. The Balaban J connectivity index is 1.37. The molecule has 0 spiro atoms. The third kappa shape index (κ3) is 5.92. The molecule has 12 nitrogen and oxygen atoms in total. The number of hydrogen-bond acceptors (Lipinski definition) is 10. The molecule has 290 valence electrons. The molecule has 3 unspecified atom stereocenters. The van der Waals surface area contributed by atoms with E-state index < -0.39 is 78.2 Å². The van der Waals surface area contributed by atoms with Gasteiger partial charge in [-0.3, -0.25) is 28.6 Å². The van der Waals surface area contributed by atoms with Crippen LogP contribution in [0, 0.1) is 11.2 Å². The molecule has 17 heteroatoms. The number of pyridine rings is 1. The molecule has 2 aromatic carbocycles. The van der Waals surface area contributed by atoms with E-state index in [9.17, 15) is 18.9 Å². The number of ether oxygens (including phenoxy) is 2. The number of rotatable bonds is 8. The van der Waals surface area contributed by atoms with Crippen LogP contribution in [0.4, 0.5) is 13.2 Å². The second-order valence-electron chi connectivity index (χ2n) is 14.8. The summed E-state index contributed by atoms with van der Waals surface area (Å²) >= 11 is 1.30. The number of benzene rings is 2. The zero-order valence-corrected chi connectivity index (χ0v) is 32.3. The minimum atomic E-state index is -4.62. The normalized spacial score (nSPS) is 21.0. The molecule has 2 aliphatic carbocycles. The minimum Gasteiger partial charge on any atom is -0.468 e. The van der Waals surface area contributed by atoms with Gasteiger partial charge in [0.25, 0.3) is 11.8 Å². The fourth-order valence-electron chi connectivity index (χ4n) is 8.03. The molecule has 4 aliphatic rings. The van der Waals surface area contributed by atoms with Gasteiger partial charge in [0, 0.05) is 41.2 Å². The Morgan fingerprint density at radius 3 is 2.62 bits per heavy atom. The van der Waals surface area contributed by atoms with Crippen LogP contribution in [0.25, 0.3) is 21.6 Å². The van der Waals surface area contributed by atoms with Crippen molar-refractivity contribution in [3.05, 3.63) is 98.0 Å². The van der Waals surface area contributed by atoms with Crippen LogP contribution in [0.3, 0.4) is 0 Å². The summed E-state index contributed by atoms with van der Waals surface area (Å²) < 4.78 is 86.2. The third-order valence-corrected chi connectivity index (χ3v) is 13.1. The second kappa shape index (κ2) is 13.3. The van der Waals surface area contributed by atoms with E-state index in [1.807, 2.05) is 24.3 Å². The van der Waals surface area contributed by atoms with Crippen LogP contribution in [0.2, 0.25) is 0 Å². The van der Waals surface area contributed by atoms with Crippen molar-refractivity contribution in [1.29, 1.82) is 0 Å². The van der Waals surface area contributed by atoms with Crippen molar-refractivity contribution in [1.82, 2.24) is 14.7 Å². The van der Waals surface area contributed by atoms with Crippen molar-refractivity contribution in [3.8, 4) is 27.3 Å². The highest BCUT2D eigenvalue weighted by molar-refractivity contribution is 7.52. The van der Waals surface area contributed by atoms with Crippen LogP contribution in [0.1, 0.15) is 66.5 Å². The topological polar surface area (TPSA) is 129 Å². The molecule has 2 aliphatic heterocycles. The zero-order chi connectivity index (χ0) is 39.2. The first-order valence-electron chi connectivity index (χ1n) is 17.7. The molecule has 1 fully saturated rings. The Hall–Kier alpha value is -4.47. The van der Waals surface area contributed by atoms with E-state index in [2.05, 4.69) is 5.09 Å². The number of esters is 1. The van der Waals surface area contributed by atoms with Crippen LogP contribution < -0.4 is 20.0 Å². The number of carbonyl (C=O) groups is 2. The number of hydrogen-bond donors (Lipinski definition) is 1. The minimum absolute atomic E-state index is 0.00978. The van der Waals surface area contributed by atoms with Gasteiger partial charge in [0.1, 0.15) is 18.0 Å². The summed E-state index contributed by atoms with van der Waals surface area (Å²) in [5.74, 6) is -6.60. The van der Waals surface area contributed by atoms with E-state index in [1.54, 1.807) is 38.1 Å². The summed E-state index contributed by atoms with van der Waals surface area (Å²) in [6.45, 7) is 6.69. The second-order valence-corrected chi connectivity index (χ2v) is 17.4. The van der Waals surface area contributed by atoms with Crippen LogP contribution >= 0.6 is 19.1 Å². The quantitative estimate of drug-likeness (QED) is 0.154. The van der Waals surface area contributed by atoms with Crippen molar-refractivity contribution in [2.45, 2.75) is 58.3 Å². The van der Waals surface area contributed by atoms with Crippen molar-refractivity contribution in [3.63, 3.8) is 0 Å². The first-order chi connectivity index (χ1) is 26.1. The maximum absolute atomic E-state index is 16.0. The largest absolute Gasteiger partial charge is 0.468 e. The average molecular weight is 799 g/mol. The summed E-state index contributed by atoms with van der Waals surface area (Å²) in [4.78, 5) is 43.5. The Morgan fingerprint density at radius 1 is 1.13 bits per heavy atom. The highest BCUT2D eigenvalue weighted by atomic mass is 32.1. The smallest absolute Gasteiger partial charge is 0.459 e. The van der Waals surface area contributed by atoms with E-state index >= 15 is 13.2 Å². The average Bonchev–Trinajstić information content (AvgIpc) is 3.50. The number of fused-ring (bicyclic) bond motifs is 4. The SMILES string of the molecule is CCOP(=O)(N[C@@H](C(=O)OC)C(C)(C)C)Oc1c2n(ccc1=O)N(C1c3ccccc3-c3scc4c3-c3c1ccc(F)c3C(F)(F)C4)C1COCCN1C2=O. The fraction of sp³-hybridized carbons (Fsp3) is 0.395. The number of carbonyl (C=O) groups excluding carboxylic acids is 2. The van der Waals surface area contributed by atoms with Gasteiger partial charge < -0.3 is 18.9 Å². The molecule has 1 saturated heterocycles. The maximum Gasteiger partial charge on any atom is 0.459 e. The molecule has 8 rings (SSSR count). The molecule has 0 radical (unpaired) electrons. The number of amides is 1. The summed E-state index contributed by atoms with van der Waals surface area (Å²) in [6.07, 6.45) is -0.158. The number of methoxy groups -OCH3 is 1. The van der Waals surface area contributed by atoms with Gasteiger partial charge >= 0.3 is 13.7 Å². The van der Waals surface area contributed by atoms with Gasteiger partial charge in [-0.15, -0.1) is 11.3 Å². The van der Waals surface area contributed by atoms with Gasteiger partial charge in [-0.2, -0.15) is 5.09 Å². The van der Waals surface area contributed by atoms with E-state index in [-0.39, 0.29) is 37.6 Å². The Labute approximate surface area is 318 Å². The van der Waals surface area contributed by atoms with Gasteiger partial charge in [-0.1, -0.05) is 51.1 Å². The number of morpholine rings is 1. The molecule has 55 heavy (non-hydrogen) atoms. The summed E-state index contributed by atoms with van der Waals surface area (Å²) in [7, 11) is -3.45. The Morgan fingerprint density at radius 2 is 1.89 bits per heavy atom. The van der Waals surface area contributed by atoms with E-state index in [4.69, 9.17) is 18.5 Å². The first-order valence-corrected chi connectivity index (χ1v) is 20.2. The van der Waals surface area contributed by atoms with Crippen LogP contribution in [-0.2, 0) is 35.7 Å². The predicted octanol–water partition coefficient (Wildman–Crippen LogP) is 6.58. The highest BCUT2D eigenvalue weighted by Crippen LogP contribution is 2.58. The Kier molecular flexibility index (Phi) is 9.08. The highest BCUT2D eigenvalue weighted by Gasteiger charge is 2.51. The molecule has 1 N–H and O–H groups in total. The fourth-order valence-corrected chi connectivity index (χ4v) is 10.9. The maximum atomic E-state index is 16.0. The first kappa shape index (κ1) is 37.5. The monoisotopic (exact) mass is 798 g/mol. The number of nitrogens with one attached hydrogen (secondary N) is 1. The lowest BCUT2D eigenvalue weighted by molar-refractivity contribution is -0.145. The third-order valence-electron chi connectivity index (χ3n) is 10.4. The molecular weight excluding hydrogens is 760 g/mol. The van der Waals surface area contributed by atoms with E-state index in [0.717, 1.165) is 17.7 Å². The summed E-state index contributed by atoms with van der Waals surface area (Å²) in [6, 6.07) is 8.84. The number of nitrogens with zero attached hydrogens (tertiary/aromatic N) is 3. The summed E-state index contributed by atoms with van der Waals surface area (Å²) in [5, 5.41) is 6.08. The zero-order valence-electron chi connectivity index (χ0n) is 30.6.